The minimum Gasteiger partial charge on any atom is -0.404 e. The van der Waals surface area contributed by atoms with E-state index in [1.807, 2.05) is 6.92 Å². The van der Waals surface area contributed by atoms with Gasteiger partial charge in [0.1, 0.15) is 6.10 Å². The van der Waals surface area contributed by atoms with Crippen molar-refractivity contribution in [2.24, 2.45) is 10.7 Å². The number of aliphatic imine (C=N–C) groups is 1. The van der Waals surface area contributed by atoms with Crippen molar-refractivity contribution in [3.8, 4) is 0 Å². The van der Waals surface area contributed by atoms with Gasteiger partial charge in [-0.2, -0.15) is 0 Å². The summed E-state index contributed by atoms with van der Waals surface area (Å²) in [7, 11) is 0. The van der Waals surface area contributed by atoms with E-state index in [9.17, 15) is 5.11 Å². The number of nitrogens with one attached hydrogen (secondary N) is 2. The van der Waals surface area contributed by atoms with Gasteiger partial charge in [-0.3, -0.25) is 4.99 Å². The van der Waals surface area contributed by atoms with Crippen molar-refractivity contribution >= 4 is 17.6 Å². The molecule has 0 aliphatic rings. The van der Waals surface area contributed by atoms with E-state index in [0.717, 1.165) is 0 Å². The second-order valence-electron chi connectivity index (χ2n) is 2.74. The molecule has 0 aromatic rings. The molecule has 5 nitrogen and oxygen atoms in total. The molecule has 0 aromatic heterocycles. The van der Waals surface area contributed by atoms with Crippen LogP contribution in [0.25, 0.3) is 0 Å². The number of rotatable bonds is 5. The third kappa shape index (κ3) is 3.49. The van der Waals surface area contributed by atoms with E-state index >= 15 is 0 Å². The maximum Gasteiger partial charge on any atom is 0.125 e. The summed E-state index contributed by atoms with van der Waals surface area (Å²) in [6.07, 6.45) is 1.46. The van der Waals surface area contributed by atoms with Gasteiger partial charge in [-0.1, -0.05) is 0 Å². The molecule has 1 unspecified atom stereocenters. The van der Waals surface area contributed by atoms with Crippen LogP contribution in [0.1, 0.15) is 13.8 Å². The van der Waals surface area contributed by atoms with Crippen molar-refractivity contribution in [2.75, 3.05) is 6.54 Å². The van der Waals surface area contributed by atoms with Crippen molar-refractivity contribution in [3.05, 3.63) is 11.8 Å². The van der Waals surface area contributed by atoms with Crippen LogP contribution in [0.2, 0.25) is 0 Å². The lowest BCUT2D eigenvalue weighted by Gasteiger charge is -2.11. The van der Waals surface area contributed by atoms with Crippen LogP contribution in [0.3, 0.4) is 0 Å². The SMILES string of the molecule is CCN=CC(=CN)C(O)C(=N)C(C)=N. The van der Waals surface area contributed by atoms with Crippen molar-refractivity contribution in [1.82, 2.24) is 0 Å². The van der Waals surface area contributed by atoms with Crippen LogP contribution in [-0.2, 0) is 0 Å². The molecular formula is C9H16N4O. The maximum absolute atomic E-state index is 9.57. The van der Waals surface area contributed by atoms with E-state index < -0.39 is 6.10 Å². The Morgan fingerprint density at radius 3 is 2.50 bits per heavy atom. The van der Waals surface area contributed by atoms with Gasteiger partial charge in [0.2, 0.25) is 0 Å². The summed E-state index contributed by atoms with van der Waals surface area (Å²) in [6.45, 7) is 3.88. The molecule has 0 aliphatic carbocycles. The van der Waals surface area contributed by atoms with Crippen LogP contribution in [0.5, 0.6) is 0 Å². The highest BCUT2D eigenvalue weighted by Gasteiger charge is 2.15. The van der Waals surface area contributed by atoms with Crippen molar-refractivity contribution in [2.45, 2.75) is 20.0 Å². The van der Waals surface area contributed by atoms with Gasteiger partial charge >= 0.3 is 0 Å². The number of nitrogens with two attached hydrogens (primary N) is 1. The quantitative estimate of drug-likeness (QED) is 0.476. The zero-order valence-electron chi connectivity index (χ0n) is 8.41. The molecule has 78 valence electrons. The van der Waals surface area contributed by atoms with Crippen LogP contribution >= 0.6 is 0 Å². The van der Waals surface area contributed by atoms with Gasteiger partial charge in [0.15, 0.2) is 0 Å². The van der Waals surface area contributed by atoms with Gasteiger partial charge in [0.05, 0.1) is 11.4 Å². The first-order valence-electron chi connectivity index (χ1n) is 4.28. The molecule has 0 aromatic carbocycles. The van der Waals surface area contributed by atoms with E-state index in [1.54, 1.807) is 0 Å². The molecule has 5 heteroatoms. The monoisotopic (exact) mass is 196 g/mol. The first-order valence-corrected chi connectivity index (χ1v) is 4.28. The molecule has 0 bridgehead atoms. The Kier molecular flexibility index (Phi) is 5.40. The standard InChI is InChI=1S/C9H16N4O/c1-3-13-5-7(4-10)9(14)8(12)6(2)11/h4-5,9,11-12,14H,3,10H2,1-2H3. The van der Waals surface area contributed by atoms with Crippen molar-refractivity contribution < 1.29 is 5.11 Å². The van der Waals surface area contributed by atoms with E-state index in [2.05, 4.69) is 4.99 Å². The minimum absolute atomic E-state index is 0.0155. The molecule has 0 amide bonds. The van der Waals surface area contributed by atoms with E-state index in [-0.39, 0.29) is 11.4 Å². The summed E-state index contributed by atoms with van der Waals surface area (Å²) in [5.41, 5.74) is 5.46. The highest BCUT2D eigenvalue weighted by molar-refractivity contribution is 6.41. The normalized spacial score (nSPS) is 14.4. The van der Waals surface area contributed by atoms with E-state index in [4.69, 9.17) is 16.6 Å². The third-order valence-electron chi connectivity index (χ3n) is 1.61. The Hall–Kier alpha value is -1.49. The molecule has 0 saturated heterocycles. The topological polar surface area (TPSA) is 106 Å². The highest BCUT2D eigenvalue weighted by atomic mass is 16.3. The first-order chi connectivity index (χ1) is 6.54. The Balaban J connectivity index is 4.64. The molecular weight excluding hydrogens is 180 g/mol. The van der Waals surface area contributed by atoms with Gasteiger partial charge in [0, 0.05) is 24.5 Å². The summed E-state index contributed by atoms with van der Waals surface area (Å²) in [6, 6.07) is 0. The smallest absolute Gasteiger partial charge is 0.125 e. The molecule has 0 saturated carbocycles. The van der Waals surface area contributed by atoms with Crippen LogP contribution in [0.15, 0.2) is 16.8 Å². The average molecular weight is 196 g/mol. The third-order valence-corrected chi connectivity index (χ3v) is 1.61. The summed E-state index contributed by atoms with van der Waals surface area (Å²) in [4.78, 5) is 3.91. The lowest BCUT2D eigenvalue weighted by Crippen LogP contribution is -2.28. The molecule has 0 fully saturated rings. The minimum atomic E-state index is -1.16. The molecule has 0 heterocycles. The summed E-state index contributed by atoms with van der Waals surface area (Å²) < 4.78 is 0. The van der Waals surface area contributed by atoms with Crippen LogP contribution in [0.4, 0.5) is 0 Å². The fourth-order valence-corrected chi connectivity index (χ4v) is 0.773. The van der Waals surface area contributed by atoms with Gasteiger partial charge < -0.3 is 21.7 Å². The maximum atomic E-state index is 9.57. The molecule has 1 atom stereocenters. The molecule has 0 radical (unpaired) electrons. The Morgan fingerprint density at radius 2 is 2.14 bits per heavy atom. The largest absolute Gasteiger partial charge is 0.404 e. The van der Waals surface area contributed by atoms with Gasteiger partial charge in [-0.25, -0.2) is 0 Å². The number of hydrogen-bond donors (Lipinski definition) is 4. The Morgan fingerprint density at radius 1 is 1.57 bits per heavy atom. The van der Waals surface area contributed by atoms with Crippen LogP contribution in [0, 0.1) is 10.8 Å². The van der Waals surface area contributed by atoms with Crippen molar-refractivity contribution in [1.29, 1.82) is 10.8 Å². The van der Waals surface area contributed by atoms with E-state index in [0.29, 0.717) is 12.1 Å². The van der Waals surface area contributed by atoms with Crippen LogP contribution in [-0.4, -0.2) is 35.4 Å². The second-order valence-corrected chi connectivity index (χ2v) is 2.74. The summed E-state index contributed by atoms with van der Waals surface area (Å²) >= 11 is 0. The van der Waals surface area contributed by atoms with Crippen molar-refractivity contribution in [3.63, 3.8) is 0 Å². The fraction of sp³-hybridized carbons (Fsp3) is 0.444. The molecule has 0 spiro atoms. The lowest BCUT2D eigenvalue weighted by atomic mass is 10.0. The van der Waals surface area contributed by atoms with Gasteiger partial charge in [0.25, 0.3) is 0 Å². The predicted molar refractivity (Wildman–Crippen MR) is 58.4 cm³/mol. The Labute approximate surface area is 83.4 Å². The van der Waals surface area contributed by atoms with Crippen LogP contribution < -0.4 is 5.73 Å². The van der Waals surface area contributed by atoms with Gasteiger partial charge in [-0.15, -0.1) is 0 Å². The lowest BCUT2D eigenvalue weighted by molar-refractivity contribution is 0.284. The van der Waals surface area contributed by atoms with Gasteiger partial charge in [-0.05, 0) is 13.8 Å². The average Bonchev–Trinajstić information content (AvgIpc) is 2.17. The number of nitrogens with zero attached hydrogens (tertiary/aromatic N) is 1. The number of aliphatic hydroxyl groups is 1. The number of aliphatic hydroxyl groups excluding tert-OH is 1. The molecule has 14 heavy (non-hydrogen) atoms. The highest BCUT2D eigenvalue weighted by Crippen LogP contribution is 2.01. The zero-order valence-corrected chi connectivity index (χ0v) is 8.41. The fourth-order valence-electron chi connectivity index (χ4n) is 0.773. The summed E-state index contributed by atoms with van der Waals surface area (Å²) in [5, 5.41) is 24.1. The summed E-state index contributed by atoms with van der Waals surface area (Å²) in [5.74, 6) is 0. The number of hydrogen-bond acceptors (Lipinski definition) is 5. The Bertz CT molecular complexity index is 281. The molecule has 0 aliphatic heterocycles. The molecule has 5 N–H and O–H groups in total. The predicted octanol–water partition coefficient (Wildman–Crippen LogP) is 0.340. The molecule has 0 rings (SSSR count). The first kappa shape index (κ1) is 12.5. The second kappa shape index (κ2) is 6.04. The zero-order chi connectivity index (χ0) is 11.1. The van der Waals surface area contributed by atoms with E-state index in [1.165, 1.54) is 19.3 Å².